The fraction of sp³-hybridized carbons (Fsp3) is 0.400. The zero-order valence-corrected chi connectivity index (χ0v) is 11.1. The molecular weight excluding hydrogens is 240 g/mol. The van der Waals surface area contributed by atoms with E-state index in [2.05, 4.69) is 22.6 Å². The van der Waals surface area contributed by atoms with Crippen LogP contribution in [0.1, 0.15) is 24.5 Å². The second-order valence-corrected chi connectivity index (χ2v) is 4.86. The van der Waals surface area contributed by atoms with Gasteiger partial charge in [0.05, 0.1) is 13.3 Å². The highest BCUT2D eigenvalue weighted by Gasteiger charge is 2.23. The van der Waals surface area contributed by atoms with Crippen LogP contribution in [-0.2, 0) is 0 Å². The quantitative estimate of drug-likeness (QED) is 0.919. The summed E-state index contributed by atoms with van der Waals surface area (Å²) in [5.41, 5.74) is 2.24. The van der Waals surface area contributed by atoms with Gasteiger partial charge in [-0.2, -0.15) is 0 Å². The molecule has 1 N–H and O–H groups in total. The van der Waals surface area contributed by atoms with Crippen molar-refractivity contribution in [3.8, 4) is 16.9 Å². The molecule has 1 saturated heterocycles. The molecule has 0 atom stereocenters. The maximum atomic E-state index is 5.51. The summed E-state index contributed by atoms with van der Waals surface area (Å²) in [5, 5.41) is 7.36. The van der Waals surface area contributed by atoms with Crippen LogP contribution in [0.2, 0.25) is 0 Å². The predicted octanol–water partition coefficient (Wildman–Crippen LogP) is 2.82. The van der Waals surface area contributed by atoms with Gasteiger partial charge >= 0.3 is 0 Å². The Hall–Kier alpha value is -1.81. The maximum absolute atomic E-state index is 5.51. The molecular formula is C15H18N2O2. The lowest BCUT2D eigenvalue weighted by atomic mass is 9.91. The third-order valence-electron chi connectivity index (χ3n) is 3.71. The summed E-state index contributed by atoms with van der Waals surface area (Å²) >= 11 is 0. The van der Waals surface area contributed by atoms with E-state index in [1.54, 1.807) is 7.11 Å². The molecule has 0 radical (unpaired) electrons. The molecule has 1 aliphatic rings. The highest BCUT2D eigenvalue weighted by atomic mass is 16.5. The summed E-state index contributed by atoms with van der Waals surface area (Å²) in [4.78, 5) is 0. The number of rotatable bonds is 3. The molecule has 100 valence electrons. The van der Waals surface area contributed by atoms with Crippen molar-refractivity contribution in [1.29, 1.82) is 0 Å². The van der Waals surface area contributed by atoms with Crippen molar-refractivity contribution in [3.63, 3.8) is 0 Å². The highest BCUT2D eigenvalue weighted by molar-refractivity contribution is 5.65. The largest absolute Gasteiger partial charge is 0.497 e. The summed E-state index contributed by atoms with van der Waals surface area (Å²) in [6.45, 7) is 2.10. The lowest BCUT2D eigenvalue weighted by molar-refractivity contribution is 0.328. The van der Waals surface area contributed by atoms with Crippen molar-refractivity contribution in [2.45, 2.75) is 18.8 Å². The Morgan fingerprint density at radius 1 is 1.21 bits per heavy atom. The fourth-order valence-electron chi connectivity index (χ4n) is 2.61. The normalized spacial score (nSPS) is 16.5. The first kappa shape index (κ1) is 12.2. The van der Waals surface area contributed by atoms with E-state index in [0.29, 0.717) is 5.92 Å². The molecule has 3 rings (SSSR count). The van der Waals surface area contributed by atoms with E-state index in [0.717, 1.165) is 48.6 Å². The van der Waals surface area contributed by atoms with Crippen LogP contribution in [0.25, 0.3) is 11.1 Å². The van der Waals surface area contributed by atoms with Crippen molar-refractivity contribution >= 4 is 0 Å². The van der Waals surface area contributed by atoms with E-state index in [9.17, 15) is 0 Å². The van der Waals surface area contributed by atoms with E-state index in [4.69, 9.17) is 9.26 Å². The van der Waals surface area contributed by atoms with Crippen molar-refractivity contribution in [1.82, 2.24) is 10.5 Å². The molecule has 19 heavy (non-hydrogen) atoms. The third-order valence-corrected chi connectivity index (χ3v) is 3.71. The van der Waals surface area contributed by atoms with Crippen molar-refractivity contribution in [2.75, 3.05) is 20.2 Å². The zero-order chi connectivity index (χ0) is 13.1. The van der Waals surface area contributed by atoms with Crippen LogP contribution >= 0.6 is 0 Å². The molecule has 1 aliphatic heterocycles. The number of aromatic nitrogens is 1. The molecule has 0 amide bonds. The smallest absolute Gasteiger partial charge is 0.147 e. The Kier molecular flexibility index (Phi) is 3.51. The second kappa shape index (κ2) is 5.45. The first-order valence-corrected chi connectivity index (χ1v) is 6.68. The van der Waals surface area contributed by atoms with E-state index in [1.807, 2.05) is 18.3 Å². The van der Waals surface area contributed by atoms with Gasteiger partial charge in [-0.1, -0.05) is 17.3 Å². The first-order valence-electron chi connectivity index (χ1n) is 6.68. The number of ether oxygens (including phenoxy) is 1. The minimum absolute atomic E-state index is 0.473. The van der Waals surface area contributed by atoms with Crippen LogP contribution < -0.4 is 10.1 Å². The average Bonchev–Trinajstić information content (AvgIpc) is 2.98. The van der Waals surface area contributed by atoms with Gasteiger partial charge in [0.15, 0.2) is 0 Å². The van der Waals surface area contributed by atoms with Gasteiger partial charge in [0.25, 0.3) is 0 Å². The predicted molar refractivity (Wildman–Crippen MR) is 73.3 cm³/mol. The van der Waals surface area contributed by atoms with Crippen molar-refractivity contribution in [2.24, 2.45) is 0 Å². The van der Waals surface area contributed by atoms with Crippen LogP contribution in [-0.4, -0.2) is 25.4 Å². The van der Waals surface area contributed by atoms with Gasteiger partial charge < -0.3 is 14.6 Å². The molecule has 0 saturated carbocycles. The third kappa shape index (κ3) is 2.49. The standard InChI is InChI=1S/C15H18N2O2/c1-18-13-4-2-11(3-5-13)14-10-17-19-15(14)12-6-8-16-9-7-12/h2-5,10,12,16H,6-9H2,1H3. The number of hydrogen-bond acceptors (Lipinski definition) is 4. The SMILES string of the molecule is COc1ccc(-c2cnoc2C2CCNCC2)cc1. The first-order chi connectivity index (χ1) is 9.38. The minimum Gasteiger partial charge on any atom is -0.497 e. The highest BCUT2D eigenvalue weighted by Crippen LogP contribution is 2.34. The van der Waals surface area contributed by atoms with Gasteiger partial charge in [0, 0.05) is 11.5 Å². The van der Waals surface area contributed by atoms with Gasteiger partial charge in [0.2, 0.25) is 0 Å². The van der Waals surface area contributed by atoms with Crippen LogP contribution in [0.5, 0.6) is 5.75 Å². The molecule has 2 aromatic rings. The summed E-state index contributed by atoms with van der Waals surface area (Å²) in [6, 6.07) is 8.04. The number of nitrogens with zero attached hydrogens (tertiary/aromatic N) is 1. The summed E-state index contributed by atoms with van der Waals surface area (Å²) in [6.07, 6.45) is 4.04. The molecule has 0 bridgehead atoms. The van der Waals surface area contributed by atoms with Crippen LogP contribution in [0, 0.1) is 0 Å². The van der Waals surface area contributed by atoms with E-state index in [-0.39, 0.29) is 0 Å². The van der Waals surface area contributed by atoms with Gasteiger partial charge in [-0.3, -0.25) is 0 Å². The van der Waals surface area contributed by atoms with Crippen molar-refractivity contribution in [3.05, 3.63) is 36.2 Å². The summed E-state index contributed by atoms with van der Waals surface area (Å²) in [5.74, 6) is 2.36. The van der Waals surface area contributed by atoms with Crippen LogP contribution in [0.3, 0.4) is 0 Å². The van der Waals surface area contributed by atoms with E-state index >= 15 is 0 Å². The number of piperidine rings is 1. The summed E-state index contributed by atoms with van der Waals surface area (Å²) in [7, 11) is 1.68. The minimum atomic E-state index is 0.473. The molecule has 2 heterocycles. The average molecular weight is 258 g/mol. The summed E-state index contributed by atoms with van der Waals surface area (Å²) < 4.78 is 10.7. The monoisotopic (exact) mass is 258 g/mol. The molecule has 4 nitrogen and oxygen atoms in total. The molecule has 0 unspecified atom stereocenters. The van der Waals surface area contributed by atoms with Gasteiger partial charge in [-0.05, 0) is 43.6 Å². The molecule has 1 aromatic heterocycles. The molecule has 4 heteroatoms. The Balaban J connectivity index is 1.89. The Morgan fingerprint density at radius 3 is 2.63 bits per heavy atom. The van der Waals surface area contributed by atoms with Crippen LogP contribution in [0.4, 0.5) is 0 Å². The fourth-order valence-corrected chi connectivity index (χ4v) is 2.61. The lowest BCUT2D eigenvalue weighted by Crippen LogP contribution is -2.26. The molecule has 1 fully saturated rings. The lowest BCUT2D eigenvalue weighted by Gasteiger charge is -2.21. The molecule has 0 aliphatic carbocycles. The van der Waals surface area contributed by atoms with Gasteiger partial charge in [0.1, 0.15) is 11.5 Å². The Morgan fingerprint density at radius 2 is 1.95 bits per heavy atom. The zero-order valence-electron chi connectivity index (χ0n) is 11.1. The maximum Gasteiger partial charge on any atom is 0.147 e. The van der Waals surface area contributed by atoms with E-state index in [1.165, 1.54) is 0 Å². The topological polar surface area (TPSA) is 47.3 Å². The number of methoxy groups -OCH3 is 1. The Labute approximate surface area is 112 Å². The van der Waals surface area contributed by atoms with E-state index < -0.39 is 0 Å². The molecule has 0 spiro atoms. The van der Waals surface area contributed by atoms with Crippen molar-refractivity contribution < 1.29 is 9.26 Å². The number of benzene rings is 1. The van der Waals surface area contributed by atoms with Gasteiger partial charge in [-0.25, -0.2) is 0 Å². The second-order valence-electron chi connectivity index (χ2n) is 4.86. The van der Waals surface area contributed by atoms with Gasteiger partial charge in [-0.15, -0.1) is 0 Å². The molecule has 1 aromatic carbocycles. The number of hydrogen-bond donors (Lipinski definition) is 1. The van der Waals surface area contributed by atoms with Crippen LogP contribution in [0.15, 0.2) is 35.0 Å². The Bertz CT molecular complexity index is 527. The number of nitrogens with one attached hydrogen (secondary N) is 1.